The zero-order valence-electron chi connectivity index (χ0n) is 9.14. The summed E-state index contributed by atoms with van der Waals surface area (Å²) in [4.78, 5) is 23.7. The molecule has 1 aliphatic heterocycles. The predicted molar refractivity (Wildman–Crippen MR) is 69.2 cm³/mol. The fourth-order valence-corrected chi connectivity index (χ4v) is 2.08. The molecule has 7 heteroatoms. The Morgan fingerprint density at radius 1 is 1.29 bits per heavy atom. The van der Waals surface area contributed by atoms with E-state index in [-0.39, 0.29) is 11.8 Å². The van der Waals surface area contributed by atoms with Crippen LogP contribution in [0.15, 0.2) is 16.9 Å². The fourth-order valence-electron chi connectivity index (χ4n) is 1.71. The van der Waals surface area contributed by atoms with E-state index in [2.05, 4.69) is 30.8 Å². The van der Waals surface area contributed by atoms with Gasteiger partial charge in [0.2, 0.25) is 11.9 Å². The lowest BCUT2D eigenvalue weighted by Crippen LogP contribution is -2.49. The smallest absolute Gasteiger partial charge is 0.237 e. The van der Waals surface area contributed by atoms with Crippen LogP contribution in [-0.2, 0) is 4.79 Å². The number of halogens is 2. The standard InChI is InChI=1S/C10H12BrClN4O/c11-8-6-13-10(14-7-8)16-3-1-15(2-4-16)9(17)5-12/h6-7H,1-5H2. The molecule has 0 aliphatic carbocycles. The van der Waals surface area contributed by atoms with Gasteiger partial charge in [0.05, 0.1) is 4.47 Å². The molecule has 2 rings (SSSR count). The lowest BCUT2D eigenvalue weighted by molar-refractivity contribution is -0.128. The summed E-state index contributed by atoms with van der Waals surface area (Å²) in [5, 5.41) is 0. The number of rotatable bonds is 2. The molecule has 0 unspecified atom stereocenters. The molecule has 0 radical (unpaired) electrons. The van der Waals surface area contributed by atoms with E-state index >= 15 is 0 Å². The zero-order chi connectivity index (χ0) is 12.3. The Bertz CT molecular complexity index is 392. The van der Waals surface area contributed by atoms with Gasteiger partial charge < -0.3 is 9.80 Å². The highest BCUT2D eigenvalue weighted by molar-refractivity contribution is 9.10. The third-order valence-electron chi connectivity index (χ3n) is 2.64. The van der Waals surface area contributed by atoms with Crippen molar-refractivity contribution in [1.82, 2.24) is 14.9 Å². The number of hydrogen-bond acceptors (Lipinski definition) is 4. The van der Waals surface area contributed by atoms with Crippen molar-refractivity contribution in [2.45, 2.75) is 0 Å². The second-order valence-electron chi connectivity index (χ2n) is 3.70. The number of alkyl halides is 1. The number of carbonyl (C=O) groups is 1. The van der Waals surface area contributed by atoms with Crippen LogP contribution in [0.25, 0.3) is 0 Å². The van der Waals surface area contributed by atoms with Crippen molar-refractivity contribution in [2.24, 2.45) is 0 Å². The molecule has 0 atom stereocenters. The minimum absolute atomic E-state index is 0.0111. The van der Waals surface area contributed by atoms with E-state index in [1.54, 1.807) is 17.3 Å². The Balaban J connectivity index is 1.95. The van der Waals surface area contributed by atoms with Crippen LogP contribution in [0.3, 0.4) is 0 Å². The third kappa shape index (κ3) is 3.07. The Kier molecular flexibility index (Phi) is 4.17. The van der Waals surface area contributed by atoms with Crippen molar-refractivity contribution in [2.75, 3.05) is 37.0 Å². The zero-order valence-corrected chi connectivity index (χ0v) is 11.5. The van der Waals surface area contributed by atoms with E-state index in [1.165, 1.54) is 0 Å². The lowest BCUT2D eigenvalue weighted by Gasteiger charge is -2.34. The monoisotopic (exact) mass is 318 g/mol. The van der Waals surface area contributed by atoms with Gasteiger partial charge in [-0.05, 0) is 15.9 Å². The molecule has 1 saturated heterocycles. The lowest BCUT2D eigenvalue weighted by atomic mass is 10.3. The van der Waals surface area contributed by atoms with E-state index in [0.29, 0.717) is 19.0 Å². The minimum atomic E-state index is -0.0111. The number of nitrogens with zero attached hydrogens (tertiary/aromatic N) is 4. The molecule has 0 aromatic carbocycles. The first-order valence-corrected chi connectivity index (χ1v) is 6.59. The van der Waals surface area contributed by atoms with Gasteiger partial charge in [0.15, 0.2) is 0 Å². The molecular weight excluding hydrogens is 307 g/mol. The number of aromatic nitrogens is 2. The summed E-state index contributed by atoms with van der Waals surface area (Å²) in [6, 6.07) is 0. The van der Waals surface area contributed by atoms with Crippen LogP contribution >= 0.6 is 27.5 Å². The van der Waals surface area contributed by atoms with Crippen LogP contribution in [0, 0.1) is 0 Å². The summed E-state index contributed by atoms with van der Waals surface area (Å²) in [5.41, 5.74) is 0. The van der Waals surface area contributed by atoms with Crippen LogP contribution < -0.4 is 4.90 Å². The molecule has 0 saturated carbocycles. The van der Waals surface area contributed by atoms with E-state index in [4.69, 9.17) is 11.6 Å². The summed E-state index contributed by atoms with van der Waals surface area (Å²) in [6.07, 6.45) is 3.44. The van der Waals surface area contributed by atoms with Crippen LogP contribution in [0.2, 0.25) is 0 Å². The Labute approximate surface area is 113 Å². The van der Waals surface area contributed by atoms with Gasteiger partial charge in [0, 0.05) is 38.6 Å². The van der Waals surface area contributed by atoms with Gasteiger partial charge in [-0.1, -0.05) is 0 Å². The average molecular weight is 320 g/mol. The predicted octanol–water partition coefficient (Wildman–Crippen LogP) is 1.13. The highest BCUT2D eigenvalue weighted by Crippen LogP contribution is 2.13. The van der Waals surface area contributed by atoms with E-state index in [0.717, 1.165) is 17.6 Å². The van der Waals surface area contributed by atoms with Crippen molar-refractivity contribution in [1.29, 1.82) is 0 Å². The maximum absolute atomic E-state index is 11.4. The first-order chi connectivity index (χ1) is 8.20. The molecule has 1 amide bonds. The maximum atomic E-state index is 11.4. The SMILES string of the molecule is O=C(CCl)N1CCN(c2ncc(Br)cn2)CC1. The number of hydrogen-bond donors (Lipinski definition) is 0. The summed E-state index contributed by atoms with van der Waals surface area (Å²) in [5.74, 6) is 0.739. The number of piperazine rings is 1. The first kappa shape index (κ1) is 12.6. The molecular formula is C10H12BrClN4O. The van der Waals surface area contributed by atoms with Crippen molar-refractivity contribution < 1.29 is 4.79 Å². The van der Waals surface area contributed by atoms with Crippen molar-refractivity contribution in [3.8, 4) is 0 Å². The molecule has 5 nitrogen and oxygen atoms in total. The number of carbonyl (C=O) groups excluding carboxylic acids is 1. The Morgan fingerprint density at radius 3 is 2.41 bits per heavy atom. The molecule has 1 fully saturated rings. The Hall–Kier alpha value is -0.880. The molecule has 1 aromatic heterocycles. The van der Waals surface area contributed by atoms with Crippen molar-refractivity contribution in [3.05, 3.63) is 16.9 Å². The second kappa shape index (κ2) is 5.64. The quantitative estimate of drug-likeness (QED) is 0.767. The normalized spacial score (nSPS) is 16.1. The van der Waals surface area contributed by atoms with Gasteiger partial charge in [-0.15, -0.1) is 11.6 Å². The second-order valence-corrected chi connectivity index (χ2v) is 4.89. The topological polar surface area (TPSA) is 49.3 Å². The number of amides is 1. The van der Waals surface area contributed by atoms with Crippen molar-refractivity contribution >= 4 is 39.4 Å². The van der Waals surface area contributed by atoms with Gasteiger partial charge in [0.25, 0.3) is 0 Å². The molecule has 17 heavy (non-hydrogen) atoms. The third-order valence-corrected chi connectivity index (χ3v) is 3.27. The van der Waals surface area contributed by atoms with E-state index < -0.39 is 0 Å². The van der Waals surface area contributed by atoms with Gasteiger partial charge in [0.1, 0.15) is 5.88 Å². The van der Waals surface area contributed by atoms with Crippen LogP contribution in [0.5, 0.6) is 0 Å². The van der Waals surface area contributed by atoms with Gasteiger partial charge in [-0.2, -0.15) is 0 Å². The highest BCUT2D eigenvalue weighted by atomic mass is 79.9. The Morgan fingerprint density at radius 2 is 1.88 bits per heavy atom. The molecule has 1 aromatic rings. The molecule has 0 N–H and O–H groups in total. The van der Waals surface area contributed by atoms with Crippen LogP contribution in [-0.4, -0.2) is 52.8 Å². The number of anilines is 1. The minimum Gasteiger partial charge on any atom is -0.338 e. The molecule has 92 valence electrons. The molecule has 0 bridgehead atoms. The molecule has 2 heterocycles. The van der Waals surface area contributed by atoms with Crippen LogP contribution in [0.4, 0.5) is 5.95 Å². The first-order valence-electron chi connectivity index (χ1n) is 5.27. The van der Waals surface area contributed by atoms with Crippen LogP contribution in [0.1, 0.15) is 0 Å². The van der Waals surface area contributed by atoms with E-state index in [1.807, 2.05) is 0 Å². The van der Waals surface area contributed by atoms with E-state index in [9.17, 15) is 4.79 Å². The fraction of sp³-hybridized carbons (Fsp3) is 0.500. The largest absolute Gasteiger partial charge is 0.338 e. The summed E-state index contributed by atoms with van der Waals surface area (Å²) < 4.78 is 0.859. The summed E-state index contributed by atoms with van der Waals surface area (Å²) in [7, 11) is 0. The van der Waals surface area contributed by atoms with Crippen molar-refractivity contribution in [3.63, 3.8) is 0 Å². The summed E-state index contributed by atoms with van der Waals surface area (Å²) >= 11 is 8.82. The van der Waals surface area contributed by atoms with Gasteiger partial charge in [-0.25, -0.2) is 9.97 Å². The molecule has 0 spiro atoms. The average Bonchev–Trinajstić information content (AvgIpc) is 2.39. The maximum Gasteiger partial charge on any atom is 0.237 e. The van der Waals surface area contributed by atoms with Gasteiger partial charge in [-0.3, -0.25) is 4.79 Å². The summed E-state index contributed by atoms with van der Waals surface area (Å²) in [6.45, 7) is 2.82. The van der Waals surface area contributed by atoms with Gasteiger partial charge >= 0.3 is 0 Å². The molecule has 1 aliphatic rings. The highest BCUT2D eigenvalue weighted by Gasteiger charge is 2.21.